The van der Waals surface area contributed by atoms with Crippen molar-refractivity contribution in [2.45, 2.75) is 44.2 Å². The molecule has 4 N–H and O–H groups in total. The molecular weight excluding hydrogens is 426 g/mol. The molecule has 0 radical (unpaired) electrons. The number of para-hydroxylation sites is 1. The summed E-state index contributed by atoms with van der Waals surface area (Å²) in [5.41, 5.74) is 3.00. The topological polar surface area (TPSA) is 103 Å². The highest BCUT2D eigenvalue weighted by Crippen LogP contribution is 2.39. The Morgan fingerprint density at radius 1 is 1.16 bits per heavy atom. The third-order valence-corrected chi connectivity index (χ3v) is 6.82. The maximum Gasteiger partial charge on any atom is 0.251 e. The van der Waals surface area contributed by atoms with Crippen molar-refractivity contribution in [1.82, 2.24) is 10.6 Å². The largest absolute Gasteiger partial charge is 0.486 e. The third-order valence-electron chi connectivity index (χ3n) is 6.21. The molecule has 1 aliphatic heterocycles. The first-order valence-corrected chi connectivity index (χ1v) is 12.5. The molecule has 1 amide bonds. The van der Waals surface area contributed by atoms with Gasteiger partial charge in [0.05, 0.1) is 16.7 Å². The Morgan fingerprint density at radius 3 is 2.72 bits per heavy atom. The first kappa shape index (κ1) is 22.8. The summed E-state index contributed by atoms with van der Waals surface area (Å²) in [7, 11) is -1.40. The van der Waals surface area contributed by atoms with Crippen molar-refractivity contribution in [2.24, 2.45) is 5.14 Å². The molecule has 4 atom stereocenters. The number of nitrogens with two attached hydrogens (primary N) is 1. The standard InChI is InChI=1S/C24H31N3O4S/c1-16(21-3-2-4-22-23(21)31-13-12-30-22)27-20-10-9-19(15-20)17-5-7-18(8-6-17)24(28)26-11-14-32(25)29/h2-8,16,19-20,27H,9-15,25H2,1H3,(H,26,28). The first-order chi connectivity index (χ1) is 15.5. The van der Waals surface area contributed by atoms with Crippen LogP contribution in [0.3, 0.4) is 0 Å². The average Bonchev–Trinajstić information content (AvgIpc) is 3.27. The van der Waals surface area contributed by atoms with Crippen molar-refractivity contribution >= 4 is 16.9 Å². The van der Waals surface area contributed by atoms with Gasteiger partial charge >= 0.3 is 0 Å². The molecule has 8 heteroatoms. The zero-order chi connectivity index (χ0) is 22.5. The fourth-order valence-electron chi connectivity index (χ4n) is 4.59. The number of nitrogens with one attached hydrogen (secondary N) is 2. The Balaban J connectivity index is 1.32. The minimum Gasteiger partial charge on any atom is -0.486 e. The molecule has 4 unspecified atom stereocenters. The van der Waals surface area contributed by atoms with Gasteiger partial charge in [-0.2, -0.15) is 0 Å². The van der Waals surface area contributed by atoms with Crippen LogP contribution in [0.2, 0.25) is 0 Å². The molecule has 7 nitrogen and oxygen atoms in total. The lowest BCUT2D eigenvalue weighted by Gasteiger charge is -2.26. The molecule has 2 aromatic carbocycles. The highest BCUT2D eigenvalue weighted by atomic mass is 32.2. The van der Waals surface area contributed by atoms with E-state index in [9.17, 15) is 9.00 Å². The van der Waals surface area contributed by atoms with E-state index < -0.39 is 11.0 Å². The zero-order valence-corrected chi connectivity index (χ0v) is 19.2. The van der Waals surface area contributed by atoms with Crippen molar-refractivity contribution < 1.29 is 18.5 Å². The van der Waals surface area contributed by atoms with E-state index in [4.69, 9.17) is 14.6 Å². The molecule has 1 fully saturated rings. The molecule has 0 spiro atoms. The molecule has 1 saturated carbocycles. The molecule has 1 heterocycles. The highest BCUT2D eigenvalue weighted by molar-refractivity contribution is 7.82. The van der Waals surface area contributed by atoms with Crippen LogP contribution in [0, 0.1) is 0 Å². The van der Waals surface area contributed by atoms with Gasteiger partial charge in [-0.15, -0.1) is 0 Å². The van der Waals surface area contributed by atoms with Gasteiger partial charge < -0.3 is 20.1 Å². The molecular formula is C24H31N3O4S. The maximum atomic E-state index is 12.2. The van der Waals surface area contributed by atoms with Gasteiger partial charge in [-0.3, -0.25) is 9.93 Å². The van der Waals surface area contributed by atoms with Crippen molar-refractivity contribution in [3.05, 3.63) is 59.2 Å². The molecule has 32 heavy (non-hydrogen) atoms. The Labute approximate surface area is 191 Å². The van der Waals surface area contributed by atoms with Crippen molar-refractivity contribution in [2.75, 3.05) is 25.5 Å². The van der Waals surface area contributed by atoms with E-state index >= 15 is 0 Å². The van der Waals surface area contributed by atoms with Crippen LogP contribution in [0.4, 0.5) is 0 Å². The summed E-state index contributed by atoms with van der Waals surface area (Å²) in [5.74, 6) is 2.25. The molecule has 4 rings (SSSR count). The smallest absolute Gasteiger partial charge is 0.251 e. The maximum absolute atomic E-state index is 12.2. The highest BCUT2D eigenvalue weighted by Gasteiger charge is 2.28. The van der Waals surface area contributed by atoms with Crippen LogP contribution in [0.25, 0.3) is 0 Å². The van der Waals surface area contributed by atoms with Gasteiger partial charge in [-0.05, 0) is 55.9 Å². The van der Waals surface area contributed by atoms with Crippen molar-refractivity contribution in [3.8, 4) is 11.5 Å². The number of benzene rings is 2. The van der Waals surface area contributed by atoms with Crippen LogP contribution in [-0.4, -0.2) is 41.7 Å². The Morgan fingerprint density at radius 2 is 1.94 bits per heavy atom. The van der Waals surface area contributed by atoms with Crippen LogP contribution in [0.5, 0.6) is 11.5 Å². The van der Waals surface area contributed by atoms with E-state index in [1.165, 1.54) is 5.56 Å². The normalized spacial score (nSPS) is 21.7. The predicted octanol–water partition coefficient (Wildman–Crippen LogP) is 2.80. The summed E-state index contributed by atoms with van der Waals surface area (Å²) in [6.45, 7) is 3.66. The number of carbonyl (C=O) groups is 1. The minimum atomic E-state index is -1.40. The van der Waals surface area contributed by atoms with Crippen molar-refractivity contribution in [1.29, 1.82) is 0 Å². The van der Waals surface area contributed by atoms with Gasteiger partial charge in [0.15, 0.2) is 11.5 Å². The Hall–Kier alpha value is -2.42. The predicted molar refractivity (Wildman–Crippen MR) is 125 cm³/mol. The number of fused-ring (bicyclic) bond motifs is 1. The summed E-state index contributed by atoms with van der Waals surface area (Å²) >= 11 is 0. The van der Waals surface area contributed by atoms with E-state index in [1.54, 1.807) is 0 Å². The third kappa shape index (κ3) is 5.49. The average molecular weight is 458 g/mol. The van der Waals surface area contributed by atoms with Crippen molar-refractivity contribution in [3.63, 3.8) is 0 Å². The van der Waals surface area contributed by atoms with Gasteiger partial charge in [0, 0.05) is 29.8 Å². The lowest BCUT2D eigenvalue weighted by molar-refractivity contribution is 0.0956. The molecule has 0 aromatic heterocycles. The van der Waals surface area contributed by atoms with Crippen LogP contribution in [-0.2, 0) is 11.0 Å². The second-order valence-electron chi connectivity index (χ2n) is 8.43. The fraction of sp³-hybridized carbons (Fsp3) is 0.458. The van der Waals surface area contributed by atoms with Crippen LogP contribution in [0.1, 0.15) is 59.6 Å². The molecule has 1 aliphatic carbocycles. The Kier molecular flexibility index (Phi) is 7.44. The number of ether oxygens (including phenoxy) is 2. The monoisotopic (exact) mass is 457 g/mol. The summed E-state index contributed by atoms with van der Waals surface area (Å²) in [6, 6.07) is 14.5. The molecule has 0 bridgehead atoms. The van der Waals surface area contributed by atoms with Gasteiger partial charge in [-0.25, -0.2) is 4.21 Å². The number of carbonyl (C=O) groups excluding carboxylic acids is 1. The molecule has 2 aliphatic rings. The lowest BCUT2D eigenvalue weighted by atomic mass is 9.96. The number of hydrogen-bond donors (Lipinski definition) is 3. The van der Waals surface area contributed by atoms with Gasteiger partial charge in [0.2, 0.25) is 0 Å². The summed E-state index contributed by atoms with van der Waals surface area (Å²) < 4.78 is 22.5. The van der Waals surface area contributed by atoms with Crippen LogP contribution in [0.15, 0.2) is 42.5 Å². The first-order valence-electron chi connectivity index (χ1n) is 11.2. The quantitative estimate of drug-likeness (QED) is 0.566. The summed E-state index contributed by atoms with van der Waals surface area (Å²) in [6.07, 6.45) is 3.29. The number of rotatable bonds is 8. The van der Waals surface area contributed by atoms with E-state index in [0.717, 1.165) is 36.3 Å². The zero-order valence-electron chi connectivity index (χ0n) is 18.3. The molecule has 172 valence electrons. The second kappa shape index (κ2) is 10.5. The van der Waals surface area contributed by atoms with Crippen LogP contribution >= 0.6 is 0 Å². The minimum absolute atomic E-state index is 0.167. The Bertz CT molecular complexity index is 966. The van der Waals surface area contributed by atoms with Crippen LogP contribution < -0.4 is 25.2 Å². The van der Waals surface area contributed by atoms with E-state index in [2.05, 4.69) is 23.6 Å². The van der Waals surface area contributed by atoms with Gasteiger partial charge in [0.1, 0.15) is 13.2 Å². The van der Waals surface area contributed by atoms with Gasteiger partial charge in [-0.1, -0.05) is 24.3 Å². The lowest BCUT2D eigenvalue weighted by Crippen LogP contribution is -2.30. The number of amides is 1. The summed E-state index contributed by atoms with van der Waals surface area (Å²) in [4.78, 5) is 12.2. The SMILES string of the molecule is CC(NC1CCC(c2ccc(C(=O)NCCS(N)=O)cc2)C1)c1cccc2c1OCCO2. The van der Waals surface area contributed by atoms with E-state index in [1.807, 2.05) is 36.4 Å². The second-order valence-corrected chi connectivity index (χ2v) is 9.60. The molecule has 0 saturated heterocycles. The molecule has 2 aromatic rings. The summed E-state index contributed by atoms with van der Waals surface area (Å²) in [5, 5.41) is 11.7. The number of hydrogen-bond acceptors (Lipinski definition) is 5. The van der Waals surface area contributed by atoms with E-state index in [-0.39, 0.29) is 17.7 Å². The van der Waals surface area contributed by atoms with Gasteiger partial charge in [0.25, 0.3) is 5.91 Å². The van der Waals surface area contributed by atoms with E-state index in [0.29, 0.717) is 37.3 Å². The fourth-order valence-corrected chi connectivity index (χ4v) is 4.89.